The zero-order valence-corrected chi connectivity index (χ0v) is 10.3. The topological polar surface area (TPSA) is 45.1 Å². The summed E-state index contributed by atoms with van der Waals surface area (Å²) < 4.78 is 0.672. The van der Waals surface area contributed by atoms with Gasteiger partial charge in [-0.2, -0.15) is 4.42 Å². The van der Waals surface area contributed by atoms with Gasteiger partial charge in [0.25, 0.3) is 5.91 Å². The smallest absolute Gasteiger partial charge is 0.338 e. The normalized spacial score (nSPS) is 20.7. The second-order valence-corrected chi connectivity index (χ2v) is 4.87. The Hall–Kier alpha value is -0.810. The monoisotopic (exact) mass is 234 g/mol. The number of quaternary nitrogens is 1. The molecule has 3 amide bonds. The molecule has 1 rings (SSSR count). The van der Waals surface area contributed by atoms with Crippen LogP contribution >= 0.6 is 11.8 Å². The average Bonchev–Trinajstić information content (AvgIpc) is 2.26. The van der Waals surface area contributed by atoms with Gasteiger partial charge in [0.15, 0.2) is 0 Å². The number of nitrogens with one attached hydrogen (secondary N) is 1. The highest BCUT2D eigenvalue weighted by atomic mass is 35.5. The van der Waals surface area contributed by atoms with Gasteiger partial charge in [-0.15, -0.1) is 0 Å². The van der Waals surface area contributed by atoms with E-state index in [0.29, 0.717) is 11.0 Å². The fourth-order valence-corrected chi connectivity index (χ4v) is 1.80. The molecule has 1 saturated heterocycles. The second-order valence-electron chi connectivity index (χ2n) is 4.54. The number of nitrogens with zero attached hydrogens (tertiary/aromatic N) is 2. The molecule has 0 atom stereocenters. The molecule has 5 nitrogen and oxygen atoms in total. The largest absolute Gasteiger partial charge is 0.342 e. The van der Waals surface area contributed by atoms with Crippen LogP contribution in [0.15, 0.2) is 0 Å². The number of urea groups is 1. The molecule has 1 fully saturated rings. The Morgan fingerprint density at radius 2 is 1.87 bits per heavy atom. The first-order valence-corrected chi connectivity index (χ1v) is 5.23. The predicted octanol–water partition coefficient (Wildman–Crippen LogP) is -0.672. The standard InChI is InChI=1S/C9H16ClN3O2/c1-9(2)7(14)13(10)8(15)12(9)6-5-11(3)4/h5-6H2,1-4H3/p+1. The van der Waals surface area contributed by atoms with E-state index >= 15 is 0 Å². The number of hydrogen-bond donors (Lipinski definition) is 1. The third-order valence-electron chi connectivity index (χ3n) is 2.61. The first kappa shape index (κ1) is 12.3. The molecule has 0 aromatic carbocycles. The Kier molecular flexibility index (Phi) is 3.25. The lowest BCUT2D eigenvalue weighted by Crippen LogP contribution is -3.06. The van der Waals surface area contributed by atoms with Crippen molar-refractivity contribution in [1.29, 1.82) is 0 Å². The molecule has 0 saturated carbocycles. The summed E-state index contributed by atoms with van der Waals surface area (Å²) in [7, 11) is 3.99. The lowest BCUT2D eigenvalue weighted by atomic mass is 10.0. The first-order chi connectivity index (χ1) is 6.78. The second kappa shape index (κ2) is 3.98. The van der Waals surface area contributed by atoms with Gasteiger partial charge in [-0.1, -0.05) is 0 Å². The Balaban J connectivity index is 2.79. The van der Waals surface area contributed by atoms with E-state index in [0.717, 1.165) is 6.54 Å². The molecule has 1 aliphatic heterocycles. The Morgan fingerprint density at radius 1 is 1.33 bits per heavy atom. The van der Waals surface area contributed by atoms with Gasteiger partial charge < -0.3 is 9.80 Å². The van der Waals surface area contributed by atoms with Crippen LogP contribution in [0.3, 0.4) is 0 Å². The van der Waals surface area contributed by atoms with E-state index in [1.807, 2.05) is 14.1 Å². The van der Waals surface area contributed by atoms with E-state index in [1.165, 1.54) is 9.80 Å². The number of hydrogen-bond acceptors (Lipinski definition) is 2. The van der Waals surface area contributed by atoms with Crippen LogP contribution in [-0.2, 0) is 4.79 Å². The van der Waals surface area contributed by atoms with Gasteiger partial charge in [-0.3, -0.25) is 4.79 Å². The predicted molar refractivity (Wildman–Crippen MR) is 56.6 cm³/mol. The van der Waals surface area contributed by atoms with Crippen molar-refractivity contribution in [1.82, 2.24) is 9.32 Å². The number of imide groups is 1. The molecule has 0 aliphatic carbocycles. The third kappa shape index (κ3) is 2.08. The molecule has 0 bridgehead atoms. The Morgan fingerprint density at radius 3 is 2.20 bits per heavy atom. The van der Waals surface area contributed by atoms with Crippen LogP contribution in [0.2, 0.25) is 0 Å². The zero-order chi connectivity index (χ0) is 11.8. The molecule has 0 aromatic rings. The van der Waals surface area contributed by atoms with Crippen LogP contribution in [0, 0.1) is 0 Å². The number of carbonyl (C=O) groups excluding carboxylic acids is 2. The van der Waals surface area contributed by atoms with Crippen LogP contribution in [0.4, 0.5) is 4.79 Å². The minimum atomic E-state index is -0.825. The van der Waals surface area contributed by atoms with Crippen LogP contribution in [0.1, 0.15) is 13.8 Å². The van der Waals surface area contributed by atoms with Crippen molar-refractivity contribution in [3.05, 3.63) is 0 Å². The summed E-state index contributed by atoms with van der Waals surface area (Å²) >= 11 is 5.59. The van der Waals surface area contributed by atoms with Crippen LogP contribution < -0.4 is 4.90 Å². The molecule has 1 heterocycles. The number of likely N-dealkylation sites (N-methyl/N-ethyl adjacent to an activating group) is 1. The van der Waals surface area contributed by atoms with Crippen molar-refractivity contribution < 1.29 is 14.5 Å². The van der Waals surface area contributed by atoms with E-state index in [4.69, 9.17) is 11.8 Å². The Labute approximate surface area is 94.7 Å². The van der Waals surface area contributed by atoms with Crippen molar-refractivity contribution in [2.75, 3.05) is 27.2 Å². The van der Waals surface area contributed by atoms with Gasteiger partial charge in [0.2, 0.25) is 0 Å². The van der Waals surface area contributed by atoms with E-state index in [1.54, 1.807) is 13.8 Å². The maximum atomic E-state index is 11.6. The molecule has 1 N–H and O–H groups in total. The van der Waals surface area contributed by atoms with Gasteiger partial charge in [0.05, 0.1) is 27.2 Å². The summed E-state index contributed by atoms with van der Waals surface area (Å²) in [6.45, 7) is 4.73. The maximum Gasteiger partial charge on any atom is 0.342 e. The highest BCUT2D eigenvalue weighted by Gasteiger charge is 2.50. The lowest BCUT2D eigenvalue weighted by molar-refractivity contribution is -0.857. The minimum absolute atomic E-state index is 0.358. The first-order valence-electron chi connectivity index (χ1n) is 4.89. The van der Waals surface area contributed by atoms with Crippen molar-refractivity contribution in [2.45, 2.75) is 19.4 Å². The summed E-state index contributed by atoms with van der Waals surface area (Å²) in [5.74, 6) is -0.358. The number of halogens is 1. The Bertz CT molecular complexity index is 291. The average molecular weight is 235 g/mol. The number of rotatable bonds is 3. The van der Waals surface area contributed by atoms with Crippen molar-refractivity contribution in [3.63, 3.8) is 0 Å². The SMILES string of the molecule is C[NH+](C)CCN1C(=O)N(Cl)C(=O)C1(C)C. The third-order valence-corrected chi connectivity index (χ3v) is 2.91. The summed E-state index contributed by atoms with van der Waals surface area (Å²) in [6.07, 6.45) is 0. The lowest BCUT2D eigenvalue weighted by Gasteiger charge is -2.27. The highest BCUT2D eigenvalue weighted by molar-refractivity contribution is 6.33. The molecule has 86 valence electrons. The quantitative estimate of drug-likeness (QED) is 0.520. The number of carbonyl (C=O) groups is 2. The van der Waals surface area contributed by atoms with E-state index in [-0.39, 0.29) is 5.91 Å². The van der Waals surface area contributed by atoms with E-state index in [9.17, 15) is 9.59 Å². The van der Waals surface area contributed by atoms with Gasteiger partial charge >= 0.3 is 6.03 Å². The van der Waals surface area contributed by atoms with Crippen LogP contribution in [-0.4, -0.2) is 54.0 Å². The van der Waals surface area contributed by atoms with Gasteiger partial charge in [0.1, 0.15) is 5.54 Å². The van der Waals surface area contributed by atoms with Crippen molar-refractivity contribution in [3.8, 4) is 0 Å². The van der Waals surface area contributed by atoms with Crippen molar-refractivity contribution in [2.24, 2.45) is 0 Å². The summed E-state index contributed by atoms with van der Waals surface area (Å²) in [4.78, 5) is 26.0. The van der Waals surface area contributed by atoms with Crippen LogP contribution in [0.5, 0.6) is 0 Å². The maximum absolute atomic E-state index is 11.6. The molecule has 0 aromatic heterocycles. The summed E-state index contributed by atoms with van der Waals surface area (Å²) in [5.41, 5.74) is -0.825. The minimum Gasteiger partial charge on any atom is -0.338 e. The molecule has 6 heteroatoms. The molecule has 0 unspecified atom stereocenters. The zero-order valence-electron chi connectivity index (χ0n) is 9.50. The fraction of sp³-hybridized carbons (Fsp3) is 0.778. The highest BCUT2D eigenvalue weighted by Crippen LogP contribution is 2.28. The van der Waals surface area contributed by atoms with E-state index < -0.39 is 11.6 Å². The molecule has 0 spiro atoms. The molecular weight excluding hydrogens is 218 g/mol. The molecule has 0 radical (unpaired) electrons. The van der Waals surface area contributed by atoms with Crippen LogP contribution in [0.25, 0.3) is 0 Å². The fourth-order valence-electron chi connectivity index (χ4n) is 1.50. The number of amides is 3. The van der Waals surface area contributed by atoms with Gasteiger partial charge in [-0.05, 0) is 13.8 Å². The van der Waals surface area contributed by atoms with E-state index in [2.05, 4.69) is 0 Å². The summed E-state index contributed by atoms with van der Waals surface area (Å²) in [5, 5.41) is 0. The van der Waals surface area contributed by atoms with Crippen molar-refractivity contribution >= 4 is 23.7 Å². The summed E-state index contributed by atoms with van der Waals surface area (Å²) in [6, 6.07) is -0.423. The molecular formula is C9H17ClN3O2+. The molecule has 15 heavy (non-hydrogen) atoms. The van der Waals surface area contributed by atoms with Gasteiger partial charge in [0, 0.05) is 11.8 Å². The van der Waals surface area contributed by atoms with Gasteiger partial charge in [-0.25, -0.2) is 4.79 Å². The molecule has 1 aliphatic rings.